The summed E-state index contributed by atoms with van der Waals surface area (Å²) in [6, 6.07) is 3.42. The Kier molecular flexibility index (Phi) is 4.49. The number of aryl methyl sites for hydroxylation is 1. The minimum Gasteiger partial charge on any atom is -0.313 e. The van der Waals surface area contributed by atoms with Crippen molar-refractivity contribution in [2.75, 3.05) is 5.32 Å². The molecule has 0 aromatic carbocycles. The van der Waals surface area contributed by atoms with Crippen LogP contribution in [0.1, 0.15) is 56.8 Å². The van der Waals surface area contributed by atoms with Crippen molar-refractivity contribution in [1.82, 2.24) is 10.0 Å². The van der Waals surface area contributed by atoms with Crippen LogP contribution in [0, 0.1) is 0 Å². The second-order valence-corrected chi connectivity index (χ2v) is 8.52. The van der Waals surface area contributed by atoms with Gasteiger partial charge in [0, 0.05) is 17.3 Å². The van der Waals surface area contributed by atoms with Gasteiger partial charge < -0.3 is 5.32 Å². The smallest absolute Gasteiger partial charge is 0.281 e. The van der Waals surface area contributed by atoms with Crippen molar-refractivity contribution in [1.29, 1.82) is 0 Å². The fourth-order valence-corrected chi connectivity index (χ4v) is 5.42. The first kappa shape index (κ1) is 17.6. The molecule has 0 radical (unpaired) electrons. The van der Waals surface area contributed by atoms with E-state index in [1.165, 1.54) is 27.5 Å². The molecule has 144 valence electrons. The molecule has 4 aliphatic rings. The molecule has 0 saturated carbocycles. The number of anilines is 1. The zero-order chi connectivity index (χ0) is 19.1. The molecule has 4 heterocycles. The molecule has 2 aromatic rings. The maximum absolute atomic E-state index is 13.5. The number of carbonyl (C=O) groups excluding carboxylic acids is 2. The molecule has 6 nitrogen and oxygen atoms in total. The van der Waals surface area contributed by atoms with Crippen molar-refractivity contribution in [3.8, 4) is 0 Å². The molecule has 1 fully saturated rings. The number of aromatic nitrogens is 1. The fraction of sp³-hybridized carbons (Fsp3) is 0.381. The van der Waals surface area contributed by atoms with Crippen molar-refractivity contribution in [2.45, 2.75) is 50.7 Å². The van der Waals surface area contributed by atoms with E-state index in [1.807, 2.05) is 6.08 Å². The minimum atomic E-state index is -0.248. The third-order valence-corrected chi connectivity index (χ3v) is 6.79. The van der Waals surface area contributed by atoms with E-state index >= 15 is 0 Å². The standard InChI is InChI=1S/C21H21N3O3S/c25-19(13-4-3-11-22-12-13)23-20-18(16-5-1-2-6-17(16)28-20)21(26)24-14-7-9-15(27-24)10-8-14/h3-4,7,9,11-12,14-15H,1-2,5-6,8,10H2,(H,23,25). The van der Waals surface area contributed by atoms with Crippen LogP contribution in [-0.4, -0.2) is 34.0 Å². The topological polar surface area (TPSA) is 71.5 Å². The lowest BCUT2D eigenvalue weighted by atomic mass is 9.93. The number of nitrogens with zero attached hydrogens (tertiary/aromatic N) is 2. The molecule has 2 unspecified atom stereocenters. The quantitative estimate of drug-likeness (QED) is 0.804. The highest BCUT2D eigenvalue weighted by atomic mass is 32.1. The third-order valence-electron chi connectivity index (χ3n) is 5.58. The fourth-order valence-electron chi connectivity index (χ4n) is 4.15. The number of hydrogen-bond acceptors (Lipinski definition) is 5. The molecule has 2 amide bonds. The van der Waals surface area contributed by atoms with Crippen LogP contribution < -0.4 is 5.32 Å². The number of hydroxylamine groups is 2. The van der Waals surface area contributed by atoms with Gasteiger partial charge in [0.15, 0.2) is 0 Å². The van der Waals surface area contributed by atoms with E-state index in [4.69, 9.17) is 4.84 Å². The van der Waals surface area contributed by atoms with Gasteiger partial charge in [-0.05, 0) is 56.2 Å². The number of carbonyl (C=O) groups is 2. The highest BCUT2D eigenvalue weighted by molar-refractivity contribution is 7.17. The van der Waals surface area contributed by atoms with Crippen LogP contribution >= 0.6 is 11.3 Å². The van der Waals surface area contributed by atoms with E-state index < -0.39 is 0 Å². The van der Waals surface area contributed by atoms with Crippen LogP contribution in [0.15, 0.2) is 36.7 Å². The van der Waals surface area contributed by atoms with Crippen LogP contribution in [0.3, 0.4) is 0 Å². The molecule has 6 rings (SSSR count). The molecule has 2 aromatic heterocycles. The van der Waals surface area contributed by atoms with Crippen molar-refractivity contribution in [3.05, 3.63) is 58.2 Å². The van der Waals surface area contributed by atoms with Crippen molar-refractivity contribution in [3.63, 3.8) is 0 Å². The average Bonchev–Trinajstić information content (AvgIpc) is 3.12. The van der Waals surface area contributed by atoms with Gasteiger partial charge in [-0.15, -0.1) is 11.3 Å². The summed E-state index contributed by atoms with van der Waals surface area (Å²) in [6.45, 7) is 0. The van der Waals surface area contributed by atoms with E-state index in [2.05, 4.69) is 16.4 Å². The molecule has 2 atom stereocenters. The Hall–Kier alpha value is -2.51. The van der Waals surface area contributed by atoms with Gasteiger partial charge in [-0.1, -0.05) is 12.2 Å². The minimum absolute atomic E-state index is 0.0292. The van der Waals surface area contributed by atoms with Crippen molar-refractivity contribution >= 4 is 28.2 Å². The molecule has 2 aliphatic carbocycles. The van der Waals surface area contributed by atoms with E-state index in [1.54, 1.807) is 18.3 Å². The predicted molar refractivity (Wildman–Crippen MR) is 106 cm³/mol. The normalized spacial score (nSPS) is 22.8. The molecule has 28 heavy (non-hydrogen) atoms. The summed E-state index contributed by atoms with van der Waals surface area (Å²) in [7, 11) is 0. The lowest BCUT2D eigenvalue weighted by Gasteiger charge is -2.40. The van der Waals surface area contributed by atoms with Gasteiger partial charge in [0.1, 0.15) is 11.1 Å². The monoisotopic (exact) mass is 395 g/mol. The summed E-state index contributed by atoms with van der Waals surface area (Å²) in [5.74, 6) is -0.387. The summed E-state index contributed by atoms with van der Waals surface area (Å²) >= 11 is 1.52. The Morgan fingerprint density at radius 3 is 2.82 bits per heavy atom. The first-order valence-corrected chi connectivity index (χ1v) is 10.6. The maximum atomic E-state index is 13.5. The highest BCUT2D eigenvalue weighted by Crippen LogP contribution is 2.40. The van der Waals surface area contributed by atoms with Gasteiger partial charge in [-0.3, -0.25) is 19.4 Å². The molecule has 7 heteroatoms. The Morgan fingerprint density at radius 1 is 1.21 bits per heavy atom. The Bertz CT molecular complexity index is 953. The van der Waals surface area contributed by atoms with Crippen LogP contribution in [0.4, 0.5) is 5.00 Å². The zero-order valence-corrected chi connectivity index (χ0v) is 16.2. The average molecular weight is 395 g/mol. The lowest BCUT2D eigenvalue weighted by molar-refractivity contribution is -0.197. The number of nitrogens with one attached hydrogen (secondary N) is 1. The second kappa shape index (κ2) is 7.14. The number of amides is 2. The van der Waals surface area contributed by atoms with E-state index in [9.17, 15) is 9.59 Å². The molecular formula is C21H21N3O3S. The third kappa shape index (κ3) is 3.04. The Balaban J connectivity index is 1.49. The van der Waals surface area contributed by atoms with Gasteiger partial charge in [-0.2, -0.15) is 0 Å². The van der Waals surface area contributed by atoms with Crippen LogP contribution in [0.5, 0.6) is 0 Å². The SMILES string of the molecule is O=C(Nc1sc2c(c1C(=O)N1OC3C=CC1CC3)CCCC2)c1cccnc1. The number of thiophene rings is 1. The summed E-state index contributed by atoms with van der Waals surface area (Å²) in [5, 5.41) is 5.11. The van der Waals surface area contributed by atoms with E-state index in [0.717, 1.165) is 44.1 Å². The highest BCUT2D eigenvalue weighted by Gasteiger charge is 2.38. The van der Waals surface area contributed by atoms with Crippen molar-refractivity contribution in [2.24, 2.45) is 0 Å². The maximum Gasteiger partial charge on any atom is 0.281 e. The largest absolute Gasteiger partial charge is 0.313 e. The van der Waals surface area contributed by atoms with Gasteiger partial charge >= 0.3 is 0 Å². The lowest BCUT2D eigenvalue weighted by Crippen LogP contribution is -2.48. The molecular weight excluding hydrogens is 374 g/mol. The Morgan fingerprint density at radius 2 is 2.11 bits per heavy atom. The number of fused-ring (bicyclic) bond motifs is 3. The predicted octanol–water partition coefficient (Wildman–Crippen LogP) is 3.75. The molecule has 0 spiro atoms. The van der Waals surface area contributed by atoms with Gasteiger partial charge in [0.05, 0.1) is 17.2 Å². The van der Waals surface area contributed by atoms with E-state index in [0.29, 0.717) is 16.1 Å². The molecule has 1 saturated heterocycles. The molecule has 2 aliphatic heterocycles. The second-order valence-electron chi connectivity index (χ2n) is 7.42. The summed E-state index contributed by atoms with van der Waals surface area (Å²) in [6.07, 6.45) is 13.1. The Labute approximate surface area is 167 Å². The summed E-state index contributed by atoms with van der Waals surface area (Å²) in [4.78, 5) is 37.3. The van der Waals surface area contributed by atoms with Gasteiger partial charge in [0.25, 0.3) is 11.8 Å². The first-order chi connectivity index (χ1) is 13.7. The summed E-state index contributed by atoms with van der Waals surface area (Å²) < 4.78 is 0. The van der Waals surface area contributed by atoms with Gasteiger partial charge in [0.2, 0.25) is 0 Å². The number of rotatable bonds is 3. The number of pyridine rings is 1. The van der Waals surface area contributed by atoms with E-state index in [-0.39, 0.29) is 24.0 Å². The molecule has 2 bridgehead atoms. The van der Waals surface area contributed by atoms with Gasteiger partial charge in [-0.25, -0.2) is 5.06 Å². The first-order valence-electron chi connectivity index (χ1n) is 9.75. The zero-order valence-electron chi connectivity index (χ0n) is 15.4. The summed E-state index contributed by atoms with van der Waals surface area (Å²) in [5.41, 5.74) is 2.16. The van der Waals surface area contributed by atoms with Crippen LogP contribution in [0.2, 0.25) is 0 Å². The molecule has 1 N–H and O–H groups in total. The number of hydrogen-bond donors (Lipinski definition) is 1. The van der Waals surface area contributed by atoms with Crippen LogP contribution in [-0.2, 0) is 17.7 Å². The van der Waals surface area contributed by atoms with Crippen molar-refractivity contribution < 1.29 is 14.4 Å². The van der Waals surface area contributed by atoms with Crippen LogP contribution in [0.25, 0.3) is 0 Å².